The van der Waals surface area contributed by atoms with E-state index in [0.717, 1.165) is 29.5 Å². The van der Waals surface area contributed by atoms with E-state index in [2.05, 4.69) is 19.9 Å². The second-order valence-corrected chi connectivity index (χ2v) is 8.14. The molecule has 0 aromatic heterocycles. The summed E-state index contributed by atoms with van der Waals surface area (Å²) in [5.41, 5.74) is 5.03. The van der Waals surface area contributed by atoms with Gasteiger partial charge >= 0.3 is 11.9 Å². The molecule has 0 spiro atoms. The molecular formula is C28H30O4. The largest absolute Gasteiger partial charge is 0.457 e. The SMILES string of the molecule is CC(C)=CCCC1=CCC(C(=O)OCc2ccccc2)=C(C(=O)OCc2ccccc2)C1. The summed E-state index contributed by atoms with van der Waals surface area (Å²) in [7, 11) is 0. The van der Waals surface area contributed by atoms with Gasteiger partial charge in [0.2, 0.25) is 0 Å². The van der Waals surface area contributed by atoms with Crippen LogP contribution in [-0.2, 0) is 32.3 Å². The maximum Gasteiger partial charge on any atom is 0.335 e. The van der Waals surface area contributed by atoms with Crippen LogP contribution >= 0.6 is 0 Å². The van der Waals surface area contributed by atoms with E-state index < -0.39 is 11.9 Å². The Kier molecular flexibility index (Phi) is 8.61. The van der Waals surface area contributed by atoms with Gasteiger partial charge in [0.15, 0.2) is 0 Å². The summed E-state index contributed by atoms with van der Waals surface area (Å²) in [4.78, 5) is 25.8. The van der Waals surface area contributed by atoms with Crippen LogP contribution < -0.4 is 0 Å². The second kappa shape index (κ2) is 11.8. The van der Waals surface area contributed by atoms with Crippen molar-refractivity contribution in [1.82, 2.24) is 0 Å². The maximum absolute atomic E-state index is 13.0. The molecule has 0 atom stereocenters. The van der Waals surface area contributed by atoms with Gasteiger partial charge < -0.3 is 9.47 Å². The highest BCUT2D eigenvalue weighted by Gasteiger charge is 2.26. The number of carbonyl (C=O) groups excluding carboxylic acids is 2. The van der Waals surface area contributed by atoms with Crippen LogP contribution in [0.5, 0.6) is 0 Å². The lowest BCUT2D eigenvalue weighted by Gasteiger charge is -2.19. The van der Waals surface area contributed by atoms with E-state index in [0.29, 0.717) is 24.0 Å². The Bertz CT molecular complexity index is 1010. The predicted molar refractivity (Wildman–Crippen MR) is 125 cm³/mol. The molecule has 0 aliphatic heterocycles. The van der Waals surface area contributed by atoms with Crippen molar-refractivity contribution >= 4 is 11.9 Å². The first kappa shape index (κ1) is 23.3. The van der Waals surface area contributed by atoms with Gasteiger partial charge in [-0.15, -0.1) is 0 Å². The molecule has 0 heterocycles. The van der Waals surface area contributed by atoms with Crippen LogP contribution in [-0.4, -0.2) is 11.9 Å². The molecule has 0 unspecified atom stereocenters. The molecule has 0 saturated carbocycles. The van der Waals surface area contributed by atoms with E-state index in [4.69, 9.17) is 9.47 Å². The van der Waals surface area contributed by atoms with Crippen molar-refractivity contribution in [3.63, 3.8) is 0 Å². The highest BCUT2D eigenvalue weighted by atomic mass is 16.5. The lowest BCUT2D eigenvalue weighted by atomic mass is 9.89. The van der Waals surface area contributed by atoms with Gasteiger partial charge in [0.1, 0.15) is 13.2 Å². The molecule has 166 valence electrons. The van der Waals surface area contributed by atoms with E-state index in [-0.39, 0.29) is 13.2 Å². The molecule has 0 bridgehead atoms. The van der Waals surface area contributed by atoms with Crippen molar-refractivity contribution in [2.75, 3.05) is 0 Å². The summed E-state index contributed by atoms with van der Waals surface area (Å²) in [5, 5.41) is 0. The summed E-state index contributed by atoms with van der Waals surface area (Å²) < 4.78 is 11.1. The van der Waals surface area contributed by atoms with Crippen LogP contribution in [0.25, 0.3) is 0 Å². The van der Waals surface area contributed by atoms with Crippen molar-refractivity contribution in [3.8, 4) is 0 Å². The third-order valence-electron chi connectivity index (χ3n) is 5.30. The number of ether oxygens (including phenoxy) is 2. The molecule has 0 N–H and O–H groups in total. The van der Waals surface area contributed by atoms with Gasteiger partial charge in [-0.3, -0.25) is 0 Å². The standard InChI is InChI=1S/C28H30O4/c1-21(2)10-9-15-22-16-17-25(27(29)31-19-23-11-5-3-6-12-23)26(18-22)28(30)32-20-24-13-7-4-8-14-24/h3-8,10-14,16H,9,15,17-20H2,1-2H3. The van der Waals surface area contributed by atoms with Gasteiger partial charge in [0.05, 0.1) is 11.1 Å². The average Bonchev–Trinajstić information content (AvgIpc) is 2.82. The number of allylic oxidation sites excluding steroid dienone is 4. The second-order valence-electron chi connectivity index (χ2n) is 8.14. The first-order chi connectivity index (χ1) is 15.5. The van der Waals surface area contributed by atoms with Crippen molar-refractivity contribution in [2.45, 2.75) is 52.7 Å². The smallest absolute Gasteiger partial charge is 0.335 e. The molecule has 0 amide bonds. The predicted octanol–water partition coefficient (Wildman–Crippen LogP) is 6.24. The number of esters is 2. The van der Waals surface area contributed by atoms with Gasteiger partial charge in [-0.1, -0.05) is 84.0 Å². The van der Waals surface area contributed by atoms with Crippen LogP contribution in [0.1, 0.15) is 50.7 Å². The Morgan fingerprint density at radius 2 is 1.34 bits per heavy atom. The van der Waals surface area contributed by atoms with Gasteiger partial charge in [-0.25, -0.2) is 9.59 Å². The van der Waals surface area contributed by atoms with Crippen LogP contribution in [0.2, 0.25) is 0 Å². The fourth-order valence-corrected chi connectivity index (χ4v) is 3.53. The van der Waals surface area contributed by atoms with E-state index in [9.17, 15) is 9.59 Å². The van der Waals surface area contributed by atoms with Crippen LogP contribution in [0.15, 0.2) is 95.1 Å². The fourth-order valence-electron chi connectivity index (χ4n) is 3.53. The van der Waals surface area contributed by atoms with E-state index >= 15 is 0 Å². The van der Waals surface area contributed by atoms with Gasteiger partial charge in [-0.2, -0.15) is 0 Å². The topological polar surface area (TPSA) is 52.6 Å². The van der Waals surface area contributed by atoms with Crippen LogP contribution in [0, 0.1) is 0 Å². The number of carbonyl (C=O) groups is 2. The first-order valence-corrected chi connectivity index (χ1v) is 11.0. The number of rotatable bonds is 9. The molecule has 0 fully saturated rings. The lowest BCUT2D eigenvalue weighted by Crippen LogP contribution is -2.19. The molecule has 32 heavy (non-hydrogen) atoms. The minimum atomic E-state index is -0.458. The molecule has 4 heteroatoms. The van der Waals surface area contributed by atoms with E-state index in [1.807, 2.05) is 66.7 Å². The molecular weight excluding hydrogens is 400 g/mol. The maximum atomic E-state index is 13.0. The molecule has 2 aromatic carbocycles. The summed E-state index contributed by atoms with van der Waals surface area (Å²) in [6.45, 7) is 4.49. The summed E-state index contributed by atoms with van der Waals surface area (Å²) >= 11 is 0. The Hall–Kier alpha value is -3.40. The molecule has 0 saturated heterocycles. The lowest BCUT2D eigenvalue weighted by molar-refractivity contribution is -0.143. The molecule has 0 radical (unpaired) electrons. The van der Waals surface area contributed by atoms with Crippen molar-refractivity contribution in [3.05, 3.63) is 106 Å². The average molecular weight is 431 g/mol. The Morgan fingerprint density at radius 1 is 0.812 bits per heavy atom. The molecule has 3 rings (SSSR count). The van der Waals surface area contributed by atoms with Crippen molar-refractivity contribution < 1.29 is 19.1 Å². The van der Waals surface area contributed by atoms with E-state index in [1.165, 1.54) is 5.57 Å². The zero-order chi connectivity index (χ0) is 22.8. The van der Waals surface area contributed by atoms with Gasteiger partial charge in [0.25, 0.3) is 0 Å². The quantitative estimate of drug-likeness (QED) is 0.349. The Labute approximate surface area is 190 Å². The number of benzene rings is 2. The van der Waals surface area contributed by atoms with Crippen LogP contribution in [0.4, 0.5) is 0 Å². The summed E-state index contributed by atoms with van der Waals surface area (Å²) in [6.07, 6.45) is 6.79. The van der Waals surface area contributed by atoms with Crippen molar-refractivity contribution in [1.29, 1.82) is 0 Å². The third-order valence-corrected chi connectivity index (χ3v) is 5.30. The molecule has 1 aliphatic carbocycles. The zero-order valence-electron chi connectivity index (χ0n) is 18.8. The highest BCUT2D eigenvalue weighted by molar-refractivity contribution is 6.01. The zero-order valence-corrected chi connectivity index (χ0v) is 18.8. The minimum Gasteiger partial charge on any atom is -0.457 e. The monoisotopic (exact) mass is 430 g/mol. The normalized spacial score (nSPS) is 13.2. The third kappa shape index (κ3) is 7.09. The molecule has 2 aromatic rings. The fraction of sp³-hybridized carbons (Fsp3) is 0.286. The van der Waals surface area contributed by atoms with Crippen LogP contribution in [0.3, 0.4) is 0 Å². The number of hydrogen-bond donors (Lipinski definition) is 0. The minimum absolute atomic E-state index is 0.173. The Morgan fingerprint density at radius 3 is 1.88 bits per heavy atom. The highest BCUT2D eigenvalue weighted by Crippen LogP contribution is 2.30. The number of hydrogen-bond acceptors (Lipinski definition) is 4. The van der Waals surface area contributed by atoms with Gasteiger partial charge in [-0.05, 0) is 44.2 Å². The molecule has 4 nitrogen and oxygen atoms in total. The van der Waals surface area contributed by atoms with Crippen molar-refractivity contribution in [2.24, 2.45) is 0 Å². The van der Waals surface area contributed by atoms with Gasteiger partial charge in [0, 0.05) is 6.42 Å². The molecule has 1 aliphatic rings. The van der Waals surface area contributed by atoms with E-state index in [1.54, 1.807) is 0 Å². The Balaban J connectivity index is 1.71. The summed E-state index contributed by atoms with van der Waals surface area (Å²) in [6, 6.07) is 19.0. The first-order valence-electron chi connectivity index (χ1n) is 11.0. The summed E-state index contributed by atoms with van der Waals surface area (Å²) in [5.74, 6) is -0.909.